The predicted molar refractivity (Wildman–Crippen MR) is 87.6 cm³/mol. The molecular formula is C16H18ClN3O. The van der Waals surface area contributed by atoms with Crippen LogP contribution in [0.3, 0.4) is 0 Å². The molecule has 0 spiro atoms. The van der Waals surface area contributed by atoms with Crippen molar-refractivity contribution in [3.63, 3.8) is 0 Å². The van der Waals surface area contributed by atoms with Crippen molar-refractivity contribution in [1.29, 1.82) is 0 Å². The molecule has 1 amide bonds. The van der Waals surface area contributed by atoms with Gasteiger partial charge >= 0.3 is 0 Å². The molecule has 1 atom stereocenters. The van der Waals surface area contributed by atoms with Crippen molar-refractivity contribution >= 4 is 28.9 Å². The molecule has 0 aliphatic carbocycles. The van der Waals surface area contributed by atoms with Crippen molar-refractivity contribution < 1.29 is 4.79 Å². The molecule has 4 N–H and O–H groups in total. The molecule has 2 aromatic carbocycles. The number of hydrogen-bond acceptors (Lipinski definition) is 3. The zero-order valence-electron chi connectivity index (χ0n) is 12.0. The average Bonchev–Trinajstić information content (AvgIpc) is 2.45. The first-order valence-electron chi connectivity index (χ1n) is 6.57. The fraction of sp³-hybridized carbons (Fsp3) is 0.188. The number of benzene rings is 2. The fourth-order valence-corrected chi connectivity index (χ4v) is 2.45. The molecule has 0 saturated heterocycles. The average molecular weight is 304 g/mol. The van der Waals surface area contributed by atoms with Gasteiger partial charge in [0.15, 0.2) is 0 Å². The van der Waals surface area contributed by atoms with Crippen LogP contribution in [0.25, 0.3) is 0 Å². The van der Waals surface area contributed by atoms with Gasteiger partial charge in [-0.3, -0.25) is 4.79 Å². The Morgan fingerprint density at radius 1 is 1.24 bits per heavy atom. The molecule has 2 aromatic rings. The van der Waals surface area contributed by atoms with Gasteiger partial charge in [-0.15, -0.1) is 0 Å². The number of carbonyl (C=O) groups excluding carboxylic acids is 1. The van der Waals surface area contributed by atoms with Crippen LogP contribution in [0, 0.1) is 0 Å². The minimum atomic E-state index is -0.477. The summed E-state index contributed by atoms with van der Waals surface area (Å²) in [6.45, 7) is 2.03. The van der Waals surface area contributed by atoms with Crippen LogP contribution >= 0.6 is 11.6 Å². The number of rotatable bonds is 4. The first-order chi connectivity index (χ1) is 9.90. The van der Waals surface area contributed by atoms with Crippen LogP contribution in [-0.4, -0.2) is 13.0 Å². The van der Waals surface area contributed by atoms with Gasteiger partial charge in [0.05, 0.1) is 17.3 Å². The number of carbonyl (C=O) groups is 1. The Kier molecular flexibility index (Phi) is 4.38. The number of halogens is 1. The Balaban J connectivity index is 2.41. The fourth-order valence-electron chi connectivity index (χ4n) is 2.25. The Bertz CT molecular complexity index is 672. The van der Waals surface area contributed by atoms with Crippen LogP contribution in [0.1, 0.15) is 28.9 Å². The number of hydrogen-bond donors (Lipinski definition) is 2. The van der Waals surface area contributed by atoms with Crippen molar-refractivity contribution in [2.24, 2.45) is 5.73 Å². The third kappa shape index (κ3) is 3.28. The SMILES string of the molecule is CC(c1cccc(Cl)c1)N(C)c1cc(N)ccc1C(N)=O. The third-order valence-electron chi connectivity index (χ3n) is 3.58. The van der Waals surface area contributed by atoms with Crippen molar-refractivity contribution in [2.45, 2.75) is 13.0 Å². The third-order valence-corrected chi connectivity index (χ3v) is 3.81. The van der Waals surface area contributed by atoms with Crippen molar-refractivity contribution in [2.75, 3.05) is 17.7 Å². The van der Waals surface area contributed by atoms with Gasteiger partial charge in [-0.25, -0.2) is 0 Å². The summed E-state index contributed by atoms with van der Waals surface area (Å²) in [5.41, 5.74) is 14.0. The van der Waals surface area contributed by atoms with E-state index in [0.29, 0.717) is 22.0 Å². The molecule has 4 nitrogen and oxygen atoms in total. The highest BCUT2D eigenvalue weighted by atomic mass is 35.5. The van der Waals surface area contributed by atoms with Crippen LogP contribution in [0.4, 0.5) is 11.4 Å². The first-order valence-corrected chi connectivity index (χ1v) is 6.95. The van der Waals surface area contributed by atoms with Gasteiger partial charge in [0.25, 0.3) is 5.91 Å². The molecule has 21 heavy (non-hydrogen) atoms. The van der Waals surface area contributed by atoms with Crippen molar-refractivity contribution in [3.05, 3.63) is 58.6 Å². The minimum absolute atomic E-state index is 0.0172. The predicted octanol–water partition coefficient (Wildman–Crippen LogP) is 3.22. The number of nitrogen functional groups attached to an aromatic ring is 1. The molecule has 0 bridgehead atoms. The second kappa shape index (κ2) is 6.06. The monoisotopic (exact) mass is 303 g/mol. The second-order valence-electron chi connectivity index (χ2n) is 4.98. The van der Waals surface area contributed by atoms with E-state index >= 15 is 0 Å². The lowest BCUT2D eigenvalue weighted by atomic mass is 10.0. The molecule has 0 aromatic heterocycles. The zero-order chi connectivity index (χ0) is 15.6. The molecule has 0 radical (unpaired) electrons. The highest BCUT2D eigenvalue weighted by Gasteiger charge is 2.18. The standard InChI is InChI=1S/C16H18ClN3O/c1-10(11-4-3-5-12(17)8-11)20(2)15-9-13(18)6-7-14(15)16(19)21/h3-10H,18H2,1-2H3,(H2,19,21). The van der Waals surface area contributed by atoms with E-state index < -0.39 is 5.91 Å². The van der Waals surface area contributed by atoms with Crippen LogP contribution in [0.5, 0.6) is 0 Å². The summed E-state index contributed by atoms with van der Waals surface area (Å²) in [5.74, 6) is -0.477. The van der Waals surface area contributed by atoms with Gasteiger partial charge in [-0.05, 0) is 42.8 Å². The number of nitrogens with zero attached hydrogens (tertiary/aromatic N) is 1. The summed E-state index contributed by atoms with van der Waals surface area (Å²) in [6.07, 6.45) is 0. The summed E-state index contributed by atoms with van der Waals surface area (Å²) in [6, 6.07) is 12.7. The Morgan fingerprint density at radius 3 is 2.57 bits per heavy atom. The maximum atomic E-state index is 11.6. The summed E-state index contributed by atoms with van der Waals surface area (Å²) in [7, 11) is 1.90. The molecule has 1 unspecified atom stereocenters. The quantitative estimate of drug-likeness (QED) is 0.852. The Morgan fingerprint density at radius 2 is 1.95 bits per heavy atom. The van der Waals surface area contributed by atoms with E-state index in [1.54, 1.807) is 18.2 Å². The van der Waals surface area contributed by atoms with E-state index in [9.17, 15) is 4.79 Å². The van der Waals surface area contributed by atoms with Crippen molar-refractivity contribution in [3.8, 4) is 0 Å². The van der Waals surface area contributed by atoms with Crippen LogP contribution in [0.2, 0.25) is 5.02 Å². The smallest absolute Gasteiger partial charge is 0.250 e. The van der Waals surface area contributed by atoms with Gasteiger partial charge in [-0.1, -0.05) is 23.7 Å². The number of nitrogens with two attached hydrogens (primary N) is 2. The molecule has 0 aliphatic rings. The maximum absolute atomic E-state index is 11.6. The minimum Gasteiger partial charge on any atom is -0.399 e. The van der Waals surface area contributed by atoms with E-state index in [1.165, 1.54) is 0 Å². The number of amides is 1. The molecule has 0 aliphatic heterocycles. The lowest BCUT2D eigenvalue weighted by Crippen LogP contribution is -2.25. The van der Waals surface area contributed by atoms with Crippen LogP contribution < -0.4 is 16.4 Å². The molecule has 2 rings (SSSR count). The van der Waals surface area contributed by atoms with E-state index in [-0.39, 0.29) is 6.04 Å². The number of anilines is 2. The second-order valence-corrected chi connectivity index (χ2v) is 5.42. The summed E-state index contributed by atoms with van der Waals surface area (Å²) < 4.78 is 0. The normalized spacial score (nSPS) is 12.0. The highest BCUT2D eigenvalue weighted by molar-refractivity contribution is 6.30. The largest absolute Gasteiger partial charge is 0.399 e. The van der Waals surface area contributed by atoms with E-state index in [1.807, 2.05) is 43.1 Å². The Hall–Kier alpha value is -2.20. The van der Waals surface area contributed by atoms with Gasteiger partial charge in [0, 0.05) is 17.8 Å². The van der Waals surface area contributed by atoms with Gasteiger partial charge in [0.1, 0.15) is 0 Å². The van der Waals surface area contributed by atoms with Gasteiger partial charge in [0.2, 0.25) is 0 Å². The topological polar surface area (TPSA) is 72.3 Å². The maximum Gasteiger partial charge on any atom is 0.250 e. The highest BCUT2D eigenvalue weighted by Crippen LogP contribution is 2.30. The lowest BCUT2D eigenvalue weighted by molar-refractivity contribution is 0.100. The zero-order valence-corrected chi connectivity index (χ0v) is 12.8. The van der Waals surface area contributed by atoms with E-state index in [4.69, 9.17) is 23.1 Å². The van der Waals surface area contributed by atoms with Crippen LogP contribution in [0.15, 0.2) is 42.5 Å². The molecule has 110 valence electrons. The molecular weight excluding hydrogens is 286 g/mol. The summed E-state index contributed by atoms with van der Waals surface area (Å²) in [5, 5.41) is 0.676. The molecule has 5 heteroatoms. The summed E-state index contributed by atoms with van der Waals surface area (Å²) >= 11 is 6.03. The van der Waals surface area contributed by atoms with E-state index in [2.05, 4.69) is 0 Å². The molecule has 0 heterocycles. The van der Waals surface area contributed by atoms with Gasteiger partial charge < -0.3 is 16.4 Å². The Labute approximate surface area is 129 Å². The lowest BCUT2D eigenvalue weighted by Gasteiger charge is -2.29. The first kappa shape index (κ1) is 15.2. The number of primary amides is 1. The molecule has 0 saturated carbocycles. The van der Waals surface area contributed by atoms with Crippen molar-refractivity contribution in [1.82, 2.24) is 0 Å². The van der Waals surface area contributed by atoms with Crippen LogP contribution in [-0.2, 0) is 0 Å². The van der Waals surface area contributed by atoms with E-state index in [0.717, 1.165) is 5.56 Å². The summed E-state index contributed by atoms with van der Waals surface area (Å²) in [4.78, 5) is 13.5. The van der Waals surface area contributed by atoms with Gasteiger partial charge in [-0.2, -0.15) is 0 Å². The molecule has 0 fully saturated rings.